The van der Waals surface area contributed by atoms with Gasteiger partial charge in [0, 0.05) is 18.0 Å². The predicted molar refractivity (Wildman–Crippen MR) is 77.7 cm³/mol. The molecular formula is C16H14F2N2O4. The van der Waals surface area contributed by atoms with Crippen molar-refractivity contribution in [3.63, 3.8) is 0 Å². The normalized spacial score (nSPS) is 20.8. The molecule has 0 saturated heterocycles. The lowest BCUT2D eigenvalue weighted by Gasteiger charge is -2.26. The van der Waals surface area contributed by atoms with Crippen LogP contribution in [0, 0.1) is 5.82 Å². The molecule has 0 radical (unpaired) electrons. The quantitative estimate of drug-likeness (QED) is 0.848. The molecule has 8 heteroatoms. The fourth-order valence-corrected chi connectivity index (χ4v) is 2.96. The Morgan fingerprint density at radius 3 is 2.92 bits per heavy atom. The Morgan fingerprint density at radius 1 is 1.50 bits per heavy atom. The van der Waals surface area contributed by atoms with Crippen LogP contribution >= 0.6 is 0 Å². The number of aromatic nitrogens is 1. The van der Waals surface area contributed by atoms with Crippen molar-refractivity contribution in [3.8, 4) is 0 Å². The van der Waals surface area contributed by atoms with Gasteiger partial charge < -0.3 is 14.8 Å². The van der Waals surface area contributed by atoms with Crippen LogP contribution < -0.4 is 5.32 Å². The third-order valence-electron chi connectivity index (χ3n) is 3.99. The molecule has 0 amide bonds. The summed E-state index contributed by atoms with van der Waals surface area (Å²) in [5.74, 6) is -3.24. The molecule has 0 aromatic carbocycles. The number of carbonyl (C=O) groups excluding carboxylic acids is 2. The smallest absolute Gasteiger partial charge is 0.337 e. The standard InChI is InChI=1S/C16H14F2N2O4/c1-7(17)12-8(3-19-5-10(12)18)13-9(15(21)23-2)4-20-11-6-24-16(22)14(11)13/h3-5,7,13,20H,6H2,1-2H3/t7-,13-/m0/s1. The first-order valence-corrected chi connectivity index (χ1v) is 7.18. The van der Waals surface area contributed by atoms with Gasteiger partial charge in [0.1, 0.15) is 18.6 Å². The van der Waals surface area contributed by atoms with Gasteiger partial charge in [0.2, 0.25) is 0 Å². The fourth-order valence-electron chi connectivity index (χ4n) is 2.96. The van der Waals surface area contributed by atoms with E-state index in [1.54, 1.807) is 0 Å². The van der Waals surface area contributed by atoms with Gasteiger partial charge in [-0.2, -0.15) is 0 Å². The molecule has 3 rings (SSSR count). The molecule has 6 nitrogen and oxygen atoms in total. The van der Waals surface area contributed by atoms with Gasteiger partial charge in [0.15, 0.2) is 0 Å². The highest BCUT2D eigenvalue weighted by atomic mass is 19.1. The second kappa shape index (κ2) is 6.03. The number of nitrogens with zero attached hydrogens (tertiary/aromatic N) is 1. The maximum atomic E-state index is 14.1. The van der Waals surface area contributed by atoms with E-state index < -0.39 is 29.8 Å². The van der Waals surface area contributed by atoms with E-state index in [0.29, 0.717) is 5.70 Å². The number of pyridine rings is 1. The Hall–Kier alpha value is -2.77. The van der Waals surface area contributed by atoms with Gasteiger partial charge in [-0.15, -0.1) is 0 Å². The number of halogens is 2. The second-order valence-electron chi connectivity index (χ2n) is 5.38. The molecule has 0 unspecified atom stereocenters. The van der Waals surface area contributed by atoms with E-state index >= 15 is 0 Å². The third-order valence-corrected chi connectivity index (χ3v) is 3.99. The summed E-state index contributed by atoms with van der Waals surface area (Å²) in [5, 5.41) is 2.80. The maximum Gasteiger partial charge on any atom is 0.337 e. The molecular weight excluding hydrogens is 322 g/mol. The van der Waals surface area contributed by atoms with Crippen LogP contribution in [0.2, 0.25) is 0 Å². The largest absolute Gasteiger partial charge is 0.466 e. The molecule has 0 fully saturated rings. The lowest BCUT2D eigenvalue weighted by Crippen LogP contribution is -2.27. The highest BCUT2D eigenvalue weighted by Gasteiger charge is 2.41. The lowest BCUT2D eigenvalue weighted by atomic mass is 9.80. The molecule has 0 bridgehead atoms. The minimum Gasteiger partial charge on any atom is -0.466 e. The maximum absolute atomic E-state index is 14.1. The molecule has 1 aromatic heterocycles. The topological polar surface area (TPSA) is 77.5 Å². The average molecular weight is 336 g/mol. The number of hydrogen-bond donors (Lipinski definition) is 1. The van der Waals surface area contributed by atoms with Gasteiger partial charge >= 0.3 is 11.9 Å². The molecule has 2 atom stereocenters. The average Bonchev–Trinajstić information content (AvgIpc) is 2.94. The van der Waals surface area contributed by atoms with E-state index in [-0.39, 0.29) is 28.9 Å². The van der Waals surface area contributed by atoms with Crippen molar-refractivity contribution in [2.75, 3.05) is 13.7 Å². The zero-order valence-corrected chi connectivity index (χ0v) is 12.9. The van der Waals surface area contributed by atoms with Gasteiger partial charge in [0.25, 0.3) is 0 Å². The summed E-state index contributed by atoms with van der Waals surface area (Å²) >= 11 is 0. The van der Waals surface area contributed by atoms with Crippen LogP contribution in [0.5, 0.6) is 0 Å². The first-order valence-electron chi connectivity index (χ1n) is 7.18. The number of rotatable bonds is 3. The molecule has 24 heavy (non-hydrogen) atoms. The number of dihydropyridines is 1. The van der Waals surface area contributed by atoms with Crippen LogP contribution in [-0.4, -0.2) is 30.6 Å². The summed E-state index contributed by atoms with van der Waals surface area (Å²) in [6.45, 7) is 1.17. The Balaban J connectivity index is 2.22. The molecule has 0 aliphatic carbocycles. The molecule has 0 saturated carbocycles. The van der Waals surface area contributed by atoms with E-state index in [9.17, 15) is 18.4 Å². The van der Waals surface area contributed by atoms with E-state index in [0.717, 1.165) is 6.20 Å². The minimum absolute atomic E-state index is 0.00112. The molecule has 2 aliphatic heterocycles. The highest BCUT2D eigenvalue weighted by molar-refractivity contribution is 6.00. The van der Waals surface area contributed by atoms with Crippen LogP contribution in [-0.2, 0) is 19.1 Å². The summed E-state index contributed by atoms with van der Waals surface area (Å²) in [6, 6.07) is 0. The molecule has 1 N–H and O–H groups in total. The number of alkyl halides is 1. The Labute approximate surface area is 136 Å². The van der Waals surface area contributed by atoms with Gasteiger partial charge in [-0.05, 0) is 12.5 Å². The van der Waals surface area contributed by atoms with Crippen molar-refractivity contribution in [2.45, 2.75) is 19.0 Å². The SMILES string of the molecule is COC(=O)C1=CNC2=C(C(=O)OC2)[C@H]1c1cncc(F)c1[C@H](C)F. The van der Waals surface area contributed by atoms with Crippen molar-refractivity contribution in [1.29, 1.82) is 0 Å². The zero-order valence-electron chi connectivity index (χ0n) is 12.9. The van der Waals surface area contributed by atoms with Crippen molar-refractivity contribution >= 4 is 11.9 Å². The minimum atomic E-state index is -1.65. The number of hydrogen-bond acceptors (Lipinski definition) is 6. The number of esters is 2. The Bertz CT molecular complexity index is 786. The van der Waals surface area contributed by atoms with Crippen LogP contribution in [0.15, 0.2) is 35.4 Å². The fraction of sp³-hybridized carbons (Fsp3) is 0.312. The van der Waals surface area contributed by atoms with Crippen molar-refractivity contribution < 1.29 is 27.8 Å². The van der Waals surface area contributed by atoms with Crippen LogP contribution in [0.4, 0.5) is 8.78 Å². The number of methoxy groups -OCH3 is 1. The molecule has 0 spiro atoms. The van der Waals surface area contributed by atoms with Crippen LogP contribution in [0.25, 0.3) is 0 Å². The summed E-state index contributed by atoms with van der Waals surface area (Å²) < 4.78 is 37.8. The Morgan fingerprint density at radius 2 is 2.25 bits per heavy atom. The molecule has 3 heterocycles. The predicted octanol–water partition coefficient (Wildman–Crippen LogP) is 1.81. The third kappa shape index (κ3) is 2.44. The number of carbonyl (C=O) groups is 2. The summed E-state index contributed by atoms with van der Waals surface area (Å²) in [5.41, 5.74) is 0.462. The molecule has 2 aliphatic rings. The van der Waals surface area contributed by atoms with Crippen LogP contribution in [0.1, 0.15) is 30.1 Å². The molecule has 1 aromatic rings. The Kier molecular flexibility index (Phi) is 4.04. The number of nitrogens with one attached hydrogen (secondary N) is 1. The summed E-state index contributed by atoms with van der Waals surface area (Å²) in [7, 11) is 1.18. The van der Waals surface area contributed by atoms with Crippen molar-refractivity contribution in [1.82, 2.24) is 10.3 Å². The lowest BCUT2D eigenvalue weighted by molar-refractivity contribution is -0.136. The van der Waals surface area contributed by atoms with Gasteiger partial charge in [0.05, 0.1) is 36.1 Å². The van der Waals surface area contributed by atoms with E-state index in [4.69, 9.17) is 9.47 Å². The number of ether oxygens (including phenoxy) is 2. The molecule has 126 valence electrons. The van der Waals surface area contributed by atoms with E-state index in [1.807, 2.05) is 0 Å². The van der Waals surface area contributed by atoms with Crippen molar-refractivity contribution in [2.24, 2.45) is 0 Å². The van der Waals surface area contributed by atoms with Crippen LogP contribution in [0.3, 0.4) is 0 Å². The summed E-state index contributed by atoms with van der Waals surface area (Å²) in [6.07, 6.45) is 1.84. The first kappa shape index (κ1) is 16.1. The van der Waals surface area contributed by atoms with E-state index in [1.165, 1.54) is 26.4 Å². The number of cyclic esters (lactones) is 1. The van der Waals surface area contributed by atoms with E-state index in [2.05, 4.69) is 10.3 Å². The van der Waals surface area contributed by atoms with Gasteiger partial charge in [-0.3, -0.25) is 4.98 Å². The van der Waals surface area contributed by atoms with Gasteiger partial charge in [-0.1, -0.05) is 0 Å². The highest BCUT2D eigenvalue weighted by Crippen LogP contribution is 2.42. The van der Waals surface area contributed by atoms with Gasteiger partial charge in [-0.25, -0.2) is 18.4 Å². The second-order valence-corrected chi connectivity index (χ2v) is 5.38. The zero-order chi connectivity index (χ0) is 17.4. The summed E-state index contributed by atoms with van der Waals surface area (Å²) in [4.78, 5) is 28.0. The monoisotopic (exact) mass is 336 g/mol. The van der Waals surface area contributed by atoms with Crippen molar-refractivity contribution in [3.05, 3.63) is 52.4 Å². The first-order chi connectivity index (χ1) is 11.5.